The van der Waals surface area contributed by atoms with Crippen LogP contribution in [0.3, 0.4) is 0 Å². The zero-order valence-corrected chi connectivity index (χ0v) is 15.7. The van der Waals surface area contributed by atoms with E-state index in [-0.39, 0.29) is 16.8 Å². The van der Waals surface area contributed by atoms with Crippen LogP contribution in [0.15, 0.2) is 42.5 Å². The number of amides is 4. The molecule has 0 heterocycles. The Labute approximate surface area is 168 Å². The van der Waals surface area contributed by atoms with E-state index in [0.29, 0.717) is 5.69 Å². The molecule has 0 unspecified atom stereocenters. The maximum atomic E-state index is 14.0. The minimum absolute atomic E-state index is 0.0192. The summed E-state index contributed by atoms with van der Waals surface area (Å²) >= 11 is 0. The van der Waals surface area contributed by atoms with Crippen LogP contribution in [0, 0.1) is 12.7 Å². The van der Waals surface area contributed by atoms with Crippen LogP contribution in [0.2, 0.25) is 0 Å². The molecule has 160 valence electrons. The number of para-hydroxylation sites is 1. The average Bonchev–Trinajstić information content (AvgIpc) is 2.67. The number of benzene rings is 2. The predicted molar refractivity (Wildman–Crippen MR) is 102 cm³/mol. The van der Waals surface area contributed by atoms with Crippen molar-refractivity contribution in [3.8, 4) is 0 Å². The van der Waals surface area contributed by atoms with Crippen molar-refractivity contribution >= 4 is 29.2 Å². The van der Waals surface area contributed by atoms with E-state index >= 15 is 0 Å². The molecule has 2 aromatic rings. The van der Waals surface area contributed by atoms with Gasteiger partial charge in [-0.05, 0) is 31.2 Å². The largest absolute Gasteiger partial charge is 0.405 e. The molecule has 4 N–H and O–H groups in total. The Morgan fingerprint density at radius 2 is 1.70 bits per heavy atom. The Kier molecular flexibility index (Phi) is 7.34. The molecule has 0 aliphatic carbocycles. The van der Waals surface area contributed by atoms with E-state index < -0.39 is 42.9 Å². The van der Waals surface area contributed by atoms with Crippen molar-refractivity contribution in [1.29, 1.82) is 0 Å². The third-order valence-corrected chi connectivity index (χ3v) is 3.78. The first-order valence-electron chi connectivity index (χ1n) is 8.60. The molecule has 0 saturated heterocycles. The summed E-state index contributed by atoms with van der Waals surface area (Å²) in [6.45, 7) is -0.659. The highest BCUT2D eigenvalue weighted by molar-refractivity contribution is 6.02. The number of rotatable bonds is 6. The summed E-state index contributed by atoms with van der Waals surface area (Å²) in [6.07, 6.45) is -4.61. The predicted octanol–water partition coefficient (Wildman–Crippen LogP) is 3.19. The van der Waals surface area contributed by atoms with E-state index in [4.69, 9.17) is 0 Å². The van der Waals surface area contributed by atoms with E-state index in [2.05, 4.69) is 16.0 Å². The minimum Gasteiger partial charge on any atom is -0.376 e. The highest BCUT2D eigenvalue weighted by Gasteiger charge is 2.28. The van der Waals surface area contributed by atoms with Crippen LogP contribution < -0.4 is 21.3 Å². The summed E-state index contributed by atoms with van der Waals surface area (Å²) in [5.74, 6) is -2.73. The van der Waals surface area contributed by atoms with E-state index in [0.717, 1.165) is 12.1 Å². The van der Waals surface area contributed by atoms with Gasteiger partial charge in [0.15, 0.2) is 0 Å². The molecule has 0 aliphatic rings. The zero-order valence-electron chi connectivity index (χ0n) is 15.7. The number of halogens is 4. The molecule has 2 rings (SSSR count). The van der Waals surface area contributed by atoms with Gasteiger partial charge in [0.1, 0.15) is 12.4 Å². The van der Waals surface area contributed by atoms with Gasteiger partial charge in [-0.25, -0.2) is 9.18 Å². The van der Waals surface area contributed by atoms with Crippen molar-refractivity contribution in [3.05, 3.63) is 59.4 Å². The number of urea groups is 1. The first kappa shape index (κ1) is 22.7. The Morgan fingerprint density at radius 1 is 1.03 bits per heavy atom. The fourth-order valence-electron chi connectivity index (χ4n) is 2.31. The minimum atomic E-state index is -4.61. The molecule has 0 aromatic heterocycles. The van der Waals surface area contributed by atoms with Crippen molar-refractivity contribution in [3.63, 3.8) is 0 Å². The molecular weight excluding hydrogens is 408 g/mol. The number of alkyl halides is 3. The van der Waals surface area contributed by atoms with Crippen LogP contribution in [-0.4, -0.2) is 37.1 Å². The molecule has 0 fully saturated rings. The molecule has 11 heteroatoms. The van der Waals surface area contributed by atoms with E-state index in [9.17, 15) is 31.9 Å². The molecular formula is C19H18F4N4O3. The van der Waals surface area contributed by atoms with Crippen LogP contribution in [0.5, 0.6) is 0 Å². The molecule has 0 saturated carbocycles. The van der Waals surface area contributed by atoms with E-state index in [1.54, 1.807) is 35.6 Å². The zero-order chi connectivity index (χ0) is 22.3. The molecule has 30 heavy (non-hydrogen) atoms. The van der Waals surface area contributed by atoms with E-state index in [1.165, 1.54) is 6.92 Å². The molecule has 0 aliphatic heterocycles. The number of carbonyl (C=O) groups is 3. The molecule has 0 bridgehead atoms. The van der Waals surface area contributed by atoms with Gasteiger partial charge in [-0.15, -0.1) is 0 Å². The summed E-state index contributed by atoms with van der Waals surface area (Å²) in [6, 6.07) is 9.48. The topological polar surface area (TPSA) is 99.3 Å². The van der Waals surface area contributed by atoms with Crippen LogP contribution in [0.25, 0.3) is 0 Å². The van der Waals surface area contributed by atoms with Crippen molar-refractivity contribution in [1.82, 2.24) is 10.6 Å². The highest BCUT2D eigenvalue weighted by atomic mass is 19.4. The number of carbonyl (C=O) groups excluding carboxylic acids is 3. The third-order valence-electron chi connectivity index (χ3n) is 3.78. The first-order chi connectivity index (χ1) is 14.0. The lowest BCUT2D eigenvalue weighted by molar-refractivity contribution is -0.123. The standard InChI is InChI=1S/C19H18F4N4O3/c1-11-14(20)7-12(17(29)25-10-19(21,22)23)8-15(11)24-9-16(28)27-18(30)26-13-5-3-2-4-6-13/h2-8,24H,9-10H2,1H3,(H,25,29)(H2,26,27,28,30). The number of hydrogen-bond acceptors (Lipinski definition) is 4. The number of imide groups is 1. The van der Waals surface area contributed by atoms with Gasteiger partial charge < -0.3 is 16.0 Å². The van der Waals surface area contributed by atoms with Gasteiger partial charge in [0, 0.05) is 22.5 Å². The number of nitrogens with one attached hydrogen (secondary N) is 4. The SMILES string of the molecule is Cc1c(F)cc(C(=O)NCC(F)(F)F)cc1NCC(=O)NC(=O)Nc1ccccc1. The second-order valence-corrected chi connectivity index (χ2v) is 6.15. The fraction of sp³-hybridized carbons (Fsp3) is 0.211. The van der Waals surface area contributed by atoms with Crippen molar-refractivity contribution in [2.45, 2.75) is 13.1 Å². The van der Waals surface area contributed by atoms with Gasteiger partial charge in [-0.3, -0.25) is 14.9 Å². The average molecular weight is 426 g/mol. The first-order valence-corrected chi connectivity index (χ1v) is 8.60. The number of hydrogen-bond donors (Lipinski definition) is 4. The van der Waals surface area contributed by atoms with Gasteiger partial charge in [0.25, 0.3) is 5.91 Å². The maximum absolute atomic E-state index is 14.0. The summed E-state index contributed by atoms with van der Waals surface area (Å²) in [7, 11) is 0. The lowest BCUT2D eigenvalue weighted by Crippen LogP contribution is -2.38. The number of anilines is 2. The van der Waals surface area contributed by atoms with Gasteiger partial charge in [0.05, 0.1) is 6.54 Å². The Balaban J connectivity index is 1.96. The molecule has 4 amide bonds. The van der Waals surface area contributed by atoms with E-state index in [1.807, 2.05) is 0 Å². The Morgan fingerprint density at radius 3 is 2.33 bits per heavy atom. The normalized spacial score (nSPS) is 10.8. The summed E-state index contributed by atoms with van der Waals surface area (Å²) in [4.78, 5) is 35.5. The fourth-order valence-corrected chi connectivity index (χ4v) is 2.31. The lowest BCUT2D eigenvalue weighted by atomic mass is 10.1. The van der Waals surface area contributed by atoms with Gasteiger partial charge in [-0.2, -0.15) is 13.2 Å². The monoisotopic (exact) mass is 426 g/mol. The molecule has 0 atom stereocenters. The Bertz CT molecular complexity index is 933. The Hall–Kier alpha value is -3.63. The van der Waals surface area contributed by atoms with Crippen molar-refractivity contribution in [2.75, 3.05) is 23.7 Å². The van der Waals surface area contributed by atoms with Crippen LogP contribution in [-0.2, 0) is 4.79 Å². The lowest BCUT2D eigenvalue weighted by Gasteiger charge is -2.13. The van der Waals surface area contributed by atoms with Crippen LogP contribution in [0.1, 0.15) is 15.9 Å². The van der Waals surface area contributed by atoms with Gasteiger partial charge >= 0.3 is 12.2 Å². The quantitative estimate of drug-likeness (QED) is 0.533. The summed E-state index contributed by atoms with van der Waals surface area (Å²) in [5, 5.41) is 8.69. The molecule has 0 spiro atoms. The van der Waals surface area contributed by atoms with Crippen molar-refractivity contribution < 1.29 is 31.9 Å². The second-order valence-electron chi connectivity index (χ2n) is 6.15. The van der Waals surface area contributed by atoms with Gasteiger partial charge in [0.2, 0.25) is 5.91 Å². The third kappa shape index (κ3) is 7.08. The van der Waals surface area contributed by atoms with Crippen LogP contribution in [0.4, 0.5) is 33.7 Å². The smallest absolute Gasteiger partial charge is 0.376 e. The maximum Gasteiger partial charge on any atom is 0.405 e. The highest BCUT2D eigenvalue weighted by Crippen LogP contribution is 2.21. The summed E-state index contributed by atoms with van der Waals surface area (Å²) in [5.41, 5.74) is 0.174. The summed E-state index contributed by atoms with van der Waals surface area (Å²) < 4.78 is 50.7. The van der Waals surface area contributed by atoms with Gasteiger partial charge in [-0.1, -0.05) is 18.2 Å². The second kappa shape index (κ2) is 9.72. The van der Waals surface area contributed by atoms with Crippen molar-refractivity contribution in [2.24, 2.45) is 0 Å². The molecule has 0 radical (unpaired) electrons. The molecule has 2 aromatic carbocycles. The van der Waals surface area contributed by atoms with Crippen LogP contribution >= 0.6 is 0 Å². The molecule has 7 nitrogen and oxygen atoms in total.